The summed E-state index contributed by atoms with van der Waals surface area (Å²) < 4.78 is 31.1. The first-order valence-corrected chi connectivity index (χ1v) is 7.25. The van der Waals surface area contributed by atoms with E-state index in [4.69, 9.17) is 4.74 Å². The highest BCUT2D eigenvalue weighted by Crippen LogP contribution is 2.06. The van der Waals surface area contributed by atoms with E-state index in [0.717, 1.165) is 5.56 Å². The molecule has 1 rings (SSSR count). The summed E-state index contributed by atoms with van der Waals surface area (Å²) >= 11 is 0. The van der Waals surface area contributed by atoms with Crippen molar-refractivity contribution < 1.29 is 13.2 Å². The Labute approximate surface area is 108 Å². The van der Waals surface area contributed by atoms with Gasteiger partial charge in [-0.1, -0.05) is 6.07 Å². The Morgan fingerprint density at radius 3 is 2.72 bits per heavy atom. The van der Waals surface area contributed by atoms with Crippen LogP contribution in [0.25, 0.3) is 0 Å². The zero-order chi connectivity index (χ0) is 13.4. The van der Waals surface area contributed by atoms with Crippen molar-refractivity contribution in [2.75, 3.05) is 26.8 Å². The van der Waals surface area contributed by atoms with Crippen LogP contribution in [0, 0.1) is 0 Å². The molecule has 0 bridgehead atoms. The van der Waals surface area contributed by atoms with E-state index < -0.39 is 10.0 Å². The Morgan fingerprint density at radius 1 is 1.39 bits per heavy atom. The molecule has 0 aliphatic carbocycles. The van der Waals surface area contributed by atoms with Gasteiger partial charge in [0, 0.05) is 25.9 Å². The van der Waals surface area contributed by atoms with Crippen molar-refractivity contribution in [3.63, 3.8) is 0 Å². The highest BCUT2D eigenvalue weighted by molar-refractivity contribution is 7.89. The second-order valence-corrected chi connectivity index (χ2v) is 5.34. The fourth-order valence-corrected chi connectivity index (χ4v) is 2.28. The smallest absolute Gasteiger partial charge is 0.258 e. The molecule has 1 heterocycles. The number of hydrogen-bond acceptors (Lipinski definition) is 5. The molecule has 0 aliphatic heterocycles. The monoisotopic (exact) mass is 273 g/mol. The van der Waals surface area contributed by atoms with E-state index in [1.807, 2.05) is 14.0 Å². The maximum absolute atomic E-state index is 11.8. The quantitative estimate of drug-likeness (QED) is 0.657. The zero-order valence-electron chi connectivity index (χ0n) is 10.6. The molecule has 0 fully saturated rings. The highest BCUT2D eigenvalue weighted by atomic mass is 32.2. The van der Waals surface area contributed by atoms with Crippen LogP contribution in [0.4, 0.5) is 0 Å². The predicted octanol–water partition coefficient (Wildman–Crippen LogP) is 0.116. The maximum Gasteiger partial charge on any atom is 0.258 e. The Bertz CT molecular complexity index is 445. The second-order valence-electron chi connectivity index (χ2n) is 3.63. The molecule has 1 aromatic heterocycles. The molecule has 0 spiro atoms. The van der Waals surface area contributed by atoms with Gasteiger partial charge >= 0.3 is 0 Å². The number of pyridine rings is 1. The van der Waals surface area contributed by atoms with Gasteiger partial charge in [-0.15, -0.1) is 0 Å². The topological polar surface area (TPSA) is 80.3 Å². The van der Waals surface area contributed by atoms with Crippen LogP contribution in [0.2, 0.25) is 0 Å². The first-order valence-electron chi connectivity index (χ1n) is 5.77. The summed E-state index contributed by atoms with van der Waals surface area (Å²) in [7, 11) is -1.71. The average Bonchev–Trinajstić information content (AvgIpc) is 2.36. The number of nitrogens with one attached hydrogen (secondary N) is 2. The van der Waals surface area contributed by atoms with Crippen LogP contribution in [0.1, 0.15) is 12.5 Å². The molecule has 0 aromatic carbocycles. The first-order chi connectivity index (χ1) is 8.60. The van der Waals surface area contributed by atoms with Crippen LogP contribution in [-0.4, -0.2) is 40.2 Å². The SMILES string of the molecule is CCOCCNS(=O)(=O)c1ccc(CNC)cn1. The van der Waals surface area contributed by atoms with Crippen molar-refractivity contribution in [2.45, 2.75) is 18.5 Å². The summed E-state index contributed by atoms with van der Waals surface area (Å²) in [6, 6.07) is 3.23. The summed E-state index contributed by atoms with van der Waals surface area (Å²) in [5.41, 5.74) is 0.936. The molecule has 0 saturated carbocycles. The number of ether oxygens (including phenoxy) is 1. The van der Waals surface area contributed by atoms with Gasteiger partial charge in [-0.25, -0.2) is 18.1 Å². The molecular weight excluding hydrogens is 254 g/mol. The van der Waals surface area contributed by atoms with Gasteiger partial charge in [0.2, 0.25) is 0 Å². The molecule has 0 atom stereocenters. The Balaban J connectivity index is 2.61. The van der Waals surface area contributed by atoms with Crippen molar-refractivity contribution in [2.24, 2.45) is 0 Å². The van der Waals surface area contributed by atoms with Gasteiger partial charge in [-0.05, 0) is 25.6 Å². The lowest BCUT2D eigenvalue weighted by Crippen LogP contribution is -2.28. The van der Waals surface area contributed by atoms with Gasteiger partial charge in [0.25, 0.3) is 10.0 Å². The largest absolute Gasteiger partial charge is 0.380 e. The van der Waals surface area contributed by atoms with Gasteiger partial charge < -0.3 is 10.1 Å². The summed E-state index contributed by atoms with van der Waals surface area (Å²) in [6.07, 6.45) is 1.55. The van der Waals surface area contributed by atoms with Gasteiger partial charge in [-0.2, -0.15) is 0 Å². The molecule has 18 heavy (non-hydrogen) atoms. The van der Waals surface area contributed by atoms with E-state index in [9.17, 15) is 8.42 Å². The molecule has 0 saturated heterocycles. The third kappa shape index (κ3) is 4.69. The molecule has 2 N–H and O–H groups in total. The van der Waals surface area contributed by atoms with E-state index >= 15 is 0 Å². The summed E-state index contributed by atoms with van der Waals surface area (Å²) in [5.74, 6) is 0. The van der Waals surface area contributed by atoms with E-state index in [2.05, 4.69) is 15.0 Å². The van der Waals surface area contributed by atoms with Crippen molar-refractivity contribution in [1.29, 1.82) is 0 Å². The van der Waals surface area contributed by atoms with Crippen LogP contribution in [0.5, 0.6) is 0 Å². The minimum absolute atomic E-state index is 0.0267. The van der Waals surface area contributed by atoms with Crippen molar-refractivity contribution in [1.82, 2.24) is 15.0 Å². The minimum atomic E-state index is -3.53. The number of rotatable bonds is 8. The summed E-state index contributed by atoms with van der Waals surface area (Å²) in [4.78, 5) is 3.94. The lowest BCUT2D eigenvalue weighted by atomic mass is 10.3. The van der Waals surface area contributed by atoms with Crippen LogP contribution in [0.3, 0.4) is 0 Å². The lowest BCUT2D eigenvalue weighted by molar-refractivity contribution is 0.153. The van der Waals surface area contributed by atoms with Gasteiger partial charge in [-0.3, -0.25) is 0 Å². The van der Waals surface area contributed by atoms with Crippen molar-refractivity contribution in [3.8, 4) is 0 Å². The molecule has 0 aliphatic rings. The van der Waals surface area contributed by atoms with Crippen LogP contribution in [0.15, 0.2) is 23.4 Å². The maximum atomic E-state index is 11.8. The number of nitrogens with zero attached hydrogens (tertiary/aromatic N) is 1. The molecular formula is C11H19N3O3S. The van der Waals surface area contributed by atoms with E-state index in [1.54, 1.807) is 12.3 Å². The molecule has 0 amide bonds. The van der Waals surface area contributed by atoms with Gasteiger partial charge in [0.05, 0.1) is 6.61 Å². The fraction of sp³-hybridized carbons (Fsp3) is 0.545. The minimum Gasteiger partial charge on any atom is -0.380 e. The van der Waals surface area contributed by atoms with Gasteiger partial charge in [0.15, 0.2) is 5.03 Å². The van der Waals surface area contributed by atoms with Crippen LogP contribution >= 0.6 is 0 Å². The first kappa shape index (κ1) is 15.0. The van der Waals surface area contributed by atoms with E-state index in [0.29, 0.717) is 19.8 Å². The molecule has 7 heteroatoms. The van der Waals surface area contributed by atoms with E-state index in [-0.39, 0.29) is 11.6 Å². The molecule has 102 valence electrons. The van der Waals surface area contributed by atoms with Crippen LogP contribution in [-0.2, 0) is 21.3 Å². The average molecular weight is 273 g/mol. The Morgan fingerprint density at radius 2 is 2.17 bits per heavy atom. The summed E-state index contributed by atoms with van der Waals surface area (Å²) in [5, 5.41) is 3.00. The lowest BCUT2D eigenvalue weighted by Gasteiger charge is -2.06. The molecule has 0 radical (unpaired) electrons. The Hall–Kier alpha value is -1.02. The molecule has 0 unspecified atom stereocenters. The van der Waals surface area contributed by atoms with E-state index in [1.165, 1.54) is 6.07 Å². The third-order valence-electron chi connectivity index (χ3n) is 2.20. The molecule has 6 nitrogen and oxygen atoms in total. The third-order valence-corrected chi connectivity index (χ3v) is 3.57. The predicted molar refractivity (Wildman–Crippen MR) is 68.7 cm³/mol. The van der Waals surface area contributed by atoms with Crippen LogP contribution < -0.4 is 10.0 Å². The summed E-state index contributed by atoms with van der Waals surface area (Å²) in [6.45, 7) is 3.68. The normalized spacial score (nSPS) is 11.7. The highest BCUT2D eigenvalue weighted by Gasteiger charge is 2.14. The van der Waals surface area contributed by atoms with Gasteiger partial charge in [0.1, 0.15) is 0 Å². The Kier molecular flexibility index (Phi) is 6.20. The van der Waals surface area contributed by atoms with Crippen molar-refractivity contribution in [3.05, 3.63) is 23.9 Å². The molecule has 1 aromatic rings. The number of hydrogen-bond donors (Lipinski definition) is 2. The fourth-order valence-electron chi connectivity index (χ4n) is 1.35. The standard InChI is InChI=1S/C11H19N3O3S/c1-3-17-7-6-14-18(15,16)11-5-4-10(8-12-2)9-13-11/h4-5,9,12,14H,3,6-8H2,1-2H3. The number of sulfonamides is 1. The zero-order valence-corrected chi connectivity index (χ0v) is 11.5. The second kappa shape index (κ2) is 7.42. The number of aromatic nitrogens is 1. The van der Waals surface area contributed by atoms with Crippen molar-refractivity contribution >= 4 is 10.0 Å².